The molecule has 1 aromatic carbocycles. The van der Waals surface area contributed by atoms with Crippen LogP contribution in [0.3, 0.4) is 0 Å². The van der Waals surface area contributed by atoms with Gasteiger partial charge in [0.05, 0.1) is 5.69 Å². The van der Waals surface area contributed by atoms with Crippen molar-refractivity contribution in [3.63, 3.8) is 0 Å². The van der Waals surface area contributed by atoms with E-state index in [4.69, 9.17) is 10.00 Å². The molecule has 0 aromatic heterocycles. The molecule has 1 atom stereocenters. The lowest BCUT2D eigenvalue weighted by Crippen LogP contribution is -2.12. The number of anilines is 1. The van der Waals surface area contributed by atoms with Crippen molar-refractivity contribution in [2.45, 2.75) is 13.0 Å². The second-order valence-electron chi connectivity index (χ2n) is 3.08. The molecular formula is C12H12N2O2. The molecule has 0 saturated heterocycles. The Morgan fingerprint density at radius 2 is 2.31 bits per heavy atom. The van der Waals surface area contributed by atoms with Crippen LogP contribution in [-0.2, 0) is 4.79 Å². The molecule has 0 spiro atoms. The summed E-state index contributed by atoms with van der Waals surface area (Å²) in [6, 6.07) is 8.87. The highest BCUT2D eigenvalue weighted by Crippen LogP contribution is 2.24. The Bertz CT molecular complexity index is 435. The van der Waals surface area contributed by atoms with Crippen LogP contribution in [0.2, 0.25) is 0 Å². The number of hydrogen-bond acceptors (Lipinski definition) is 3. The third-order valence-electron chi connectivity index (χ3n) is 1.82. The van der Waals surface area contributed by atoms with E-state index in [1.807, 2.05) is 6.07 Å². The van der Waals surface area contributed by atoms with Crippen LogP contribution in [0, 0.1) is 11.3 Å². The standard InChI is InChI=1S/C12H12N2O2/c1-3-12(15)14-10-6-4-5-7-11(10)16-9(2)8-13/h3-7,9H,1H2,2H3,(H,14,15). The van der Waals surface area contributed by atoms with Gasteiger partial charge in [-0.05, 0) is 25.1 Å². The predicted octanol–water partition coefficient (Wildman–Crippen LogP) is 2.10. The molecule has 1 rings (SSSR count). The third-order valence-corrected chi connectivity index (χ3v) is 1.82. The molecule has 0 bridgehead atoms. The molecule has 1 unspecified atom stereocenters. The number of benzene rings is 1. The van der Waals surface area contributed by atoms with Crippen LogP contribution < -0.4 is 10.1 Å². The van der Waals surface area contributed by atoms with Crippen LogP contribution in [-0.4, -0.2) is 12.0 Å². The number of carbonyl (C=O) groups excluding carboxylic acids is 1. The van der Waals surface area contributed by atoms with Gasteiger partial charge in [0.1, 0.15) is 11.8 Å². The Morgan fingerprint density at radius 1 is 1.62 bits per heavy atom. The number of nitriles is 1. The normalized spacial score (nSPS) is 11.0. The molecule has 82 valence electrons. The molecule has 1 amide bonds. The Morgan fingerprint density at radius 3 is 2.94 bits per heavy atom. The van der Waals surface area contributed by atoms with Crippen LogP contribution in [0.25, 0.3) is 0 Å². The summed E-state index contributed by atoms with van der Waals surface area (Å²) in [7, 11) is 0. The first-order chi connectivity index (χ1) is 7.67. The van der Waals surface area contributed by atoms with E-state index in [1.165, 1.54) is 6.08 Å². The fourth-order valence-electron chi connectivity index (χ4n) is 1.07. The summed E-state index contributed by atoms with van der Waals surface area (Å²) >= 11 is 0. The summed E-state index contributed by atoms with van der Waals surface area (Å²) in [5.41, 5.74) is 0.523. The Kier molecular flexibility index (Phi) is 4.10. The highest BCUT2D eigenvalue weighted by molar-refractivity contribution is 5.99. The molecule has 0 aliphatic carbocycles. The largest absolute Gasteiger partial charge is 0.474 e. The monoisotopic (exact) mass is 216 g/mol. The van der Waals surface area contributed by atoms with Crippen LogP contribution in [0.5, 0.6) is 5.75 Å². The lowest BCUT2D eigenvalue weighted by molar-refractivity contribution is -0.111. The first kappa shape index (κ1) is 11.8. The molecule has 0 aliphatic heterocycles. The number of ether oxygens (including phenoxy) is 1. The van der Waals surface area contributed by atoms with E-state index >= 15 is 0 Å². The Balaban J connectivity index is 2.88. The first-order valence-corrected chi connectivity index (χ1v) is 4.76. The summed E-state index contributed by atoms with van der Waals surface area (Å²) in [4.78, 5) is 11.1. The lowest BCUT2D eigenvalue weighted by Gasteiger charge is -2.12. The minimum absolute atomic E-state index is 0.319. The first-order valence-electron chi connectivity index (χ1n) is 4.76. The van der Waals surface area contributed by atoms with Gasteiger partial charge in [-0.1, -0.05) is 18.7 Å². The van der Waals surface area contributed by atoms with Gasteiger partial charge in [0.25, 0.3) is 0 Å². The number of para-hydroxylation sites is 2. The Labute approximate surface area is 94.1 Å². The number of carbonyl (C=O) groups is 1. The van der Waals surface area contributed by atoms with Gasteiger partial charge in [0, 0.05) is 0 Å². The maximum absolute atomic E-state index is 11.1. The number of nitrogens with one attached hydrogen (secondary N) is 1. The smallest absolute Gasteiger partial charge is 0.247 e. The van der Waals surface area contributed by atoms with Crippen molar-refractivity contribution >= 4 is 11.6 Å². The average Bonchev–Trinajstić information content (AvgIpc) is 2.31. The summed E-state index contributed by atoms with van der Waals surface area (Å²) in [6.45, 7) is 4.99. The van der Waals surface area contributed by atoms with Crippen molar-refractivity contribution in [2.75, 3.05) is 5.32 Å². The molecular weight excluding hydrogens is 204 g/mol. The fraction of sp³-hybridized carbons (Fsp3) is 0.167. The number of nitrogens with zero attached hydrogens (tertiary/aromatic N) is 1. The third kappa shape index (κ3) is 3.14. The molecule has 1 N–H and O–H groups in total. The Hall–Kier alpha value is -2.28. The second-order valence-corrected chi connectivity index (χ2v) is 3.08. The van der Waals surface area contributed by atoms with Crippen LogP contribution in [0.15, 0.2) is 36.9 Å². The van der Waals surface area contributed by atoms with Gasteiger partial charge < -0.3 is 10.1 Å². The van der Waals surface area contributed by atoms with Gasteiger partial charge in [-0.25, -0.2) is 0 Å². The zero-order valence-electron chi connectivity index (χ0n) is 8.93. The highest BCUT2D eigenvalue weighted by atomic mass is 16.5. The van der Waals surface area contributed by atoms with E-state index in [2.05, 4.69) is 11.9 Å². The topological polar surface area (TPSA) is 62.1 Å². The molecule has 4 heteroatoms. The predicted molar refractivity (Wildman–Crippen MR) is 61.0 cm³/mol. The average molecular weight is 216 g/mol. The highest BCUT2D eigenvalue weighted by Gasteiger charge is 2.08. The van der Waals surface area contributed by atoms with E-state index in [1.54, 1.807) is 31.2 Å². The van der Waals surface area contributed by atoms with E-state index < -0.39 is 6.10 Å². The zero-order valence-corrected chi connectivity index (χ0v) is 8.93. The van der Waals surface area contributed by atoms with E-state index in [0.717, 1.165) is 0 Å². The van der Waals surface area contributed by atoms with E-state index in [9.17, 15) is 4.79 Å². The molecule has 0 aliphatic rings. The van der Waals surface area contributed by atoms with Crippen LogP contribution in [0.1, 0.15) is 6.92 Å². The van der Waals surface area contributed by atoms with Crippen LogP contribution in [0.4, 0.5) is 5.69 Å². The van der Waals surface area contributed by atoms with Crippen molar-refractivity contribution in [2.24, 2.45) is 0 Å². The van der Waals surface area contributed by atoms with Gasteiger partial charge in [0.2, 0.25) is 5.91 Å². The molecule has 0 saturated carbocycles. The molecule has 0 fully saturated rings. The quantitative estimate of drug-likeness (QED) is 0.784. The number of hydrogen-bond donors (Lipinski definition) is 1. The fourth-order valence-corrected chi connectivity index (χ4v) is 1.07. The molecule has 16 heavy (non-hydrogen) atoms. The van der Waals surface area contributed by atoms with E-state index in [0.29, 0.717) is 11.4 Å². The van der Waals surface area contributed by atoms with Crippen molar-refractivity contribution in [1.82, 2.24) is 0 Å². The van der Waals surface area contributed by atoms with Gasteiger partial charge >= 0.3 is 0 Å². The van der Waals surface area contributed by atoms with Gasteiger partial charge in [-0.2, -0.15) is 5.26 Å². The minimum Gasteiger partial charge on any atom is -0.474 e. The second kappa shape index (κ2) is 5.56. The van der Waals surface area contributed by atoms with Crippen molar-refractivity contribution < 1.29 is 9.53 Å². The number of rotatable bonds is 4. The van der Waals surface area contributed by atoms with Crippen LogP contribution >= 0.6 is 0 Å². The zero-order chi connectivity index (χ0) is 12.0. The minimum atomic E-state index is -0.568. The summed E-state index contributed by atoms with van der Waals surface area (Å²) in [5.74, 6) is 0.146. The maximum atomic E-state index is 11.1. The summed E-state index contributed by atoms with van der Waals surface area (Å²) in [5, 5.41) is 11.2. The van der Waals surface area contributed by atoms with Gasteiger partial charge in [-0.3, -0.25) is 4.79 Å². The van der Waals surface area contributed by atoms with Crippen molar-refractivity contribution in [3.05, 3.63) is 36.9 Å². The molecule has 4 nitrogen and oxygen atoms in total. The summed E-state index contributed by atoms with van der Waals surface area (Å²) in [6.07, 6.45) is 0.603. The van der Waals surface area contributed by atoms with Gasteiger partial charge in [-0.15, -0.1) is 0 Å². The SMILES string of the molecule is C=CC(=O)Nc1ccccc1OC(C)C#N. The maximum Gasteiger partial charge on any atom is 0.247 e. The van der Waals surface area contributed by atoms with Crippen molar-refractivity contribution in [1.29, 1.82) is 5.26 Å². The molecule has 0 heterocycles. The molecule has 0 radical (unpaired) electrons. The van der Waals surface area contributed by atoms with E-state index in [-0.39, 0.29) is 5.91 Å². The summed E-state index contributed by atoms with van der Waals surface area (Å²) < 4.78 is 5.33. The molecule has 1 aromatic rings. The lowest BCUT2D eigenvalue weighted by atomic mass is 10.3. The number of amides is 1. The van der Waals surface area contributed by atoms with Crippen molar-refractivity contribution in [3.8, 4) is 11.8 Å². The van der Waals surface area contributed by atoms with Gasteiger partial charge in [0.15, 0.2) is 6.10 Å².